The van der Waals surface area contributed by atoms with Gasteiger partial charge in [0, 0.05) is 6.42 Å². The quantitative estimate of drug-likeness (QED) is 0.814. The molecule has 1 N–H and O–H groups in total. The minimum atomic E-state index is -0.812. The van der Waals surface area contributed by atoms with E-state index in [1.165, 1.54) is 0 Å². The molecule has 0 bridgehead atoms. The van der Waals surface area contributed by atoms with E-state index in [4.69, 9.17) is 9.47 Å². The lowest BCUT2D eigenvalue weighted by Crippen LogP contribution is -2.46. The smallest absolute Gasteiger partial charge is 0.408 e. The molecule has 0 saturated carbocycles. The van der Waals surface area contributed by atoms with Crippen molar-refractivity contribution in [2.24, 2.45) is 0 Å². The molecule has 2 rings (SSSR count). The third-order valence-electron chi connectivity index (χ3n) is 3.58. The van der Waals surface area contributed by atoms with Gasteiger partial charge in [-0.2, -0.15) is 0 Å². The number of hydrogen-bond acceptors (Lipinski definition) is 4. The molecule has 0 aliphatic carbocycles. The lowest BCUT2D eigenvalue weighted by atomic mass is 10.0. The first-order valence-electron chi connectivity index (χ1n) is 8.82. The number of alkyl carbamates (subject to hydrolysis) is 1. The van der Waals surface area contributed by atoms with Gasteiger partial charge >= 0.3 is 12.1 Å². The van der Waals surface area contributed by atoms with Gasteiger partial charge in [0.05, 0.1) is 6.10 Å². The number of esters is 1. The van der Waals surface area contributed by atoms with E-state index in [9.17, 15) is 9.59 Å². The zero-order valence-electron chi connectivity index (χ0n) is 16.0. The van der Waals surface area contributed by atoms with Crippen LogP contribution in [0, 0.1) is 0 Å². The lowest BCUT2D eigenvalue weighted by Gasteiger charge is -2.23. The Morgan fingerprint density at radius 2 is 1.69 bits per heavy atom. The molecule has 140 valence electrons. The molecule has 0 aliphatic rings. The molecule has 5 heteroatoms. The molecule has 2 aromatic rings. The van der Waals surface area contributed by atoms with E-state index in [1.54, 1.807) is 34.6 Å². The summed E-state index contributed by atoms with van der Waals surface area (Å²) in [4.78, 5) is 24.6. The van der Waals surface area contributed by atoms with E-state index in [2.05, 4.69) is 5.32 Å². The van der Waals surface area contributed by atoms with Crippen LogP contribution in [-0.4, -0.2) is 29.8 Å². The first-order valence-corrected chi connectivity index (χ1v) is 8.82. The van der Waals surface area contributed by atoms with Crippen molar-refractivity contribution >= 4 is 22.8 Å². The van der Waals surface area contributed by atoms with E-state index in [0.717, 1.165) is 16.3 Å². The first kappa shape index (κ1) is 19.8. The maximum absolute atomic E-state index is 12.4. The monoisotopic (exact) mass is 357 g/mol. The number of nitrogens with one attached hydrogen (secondary N) is 1. The molecular formula is C21H27NO4. The average Bonchev–Trinajstić information content (AvgIpc) is 2.51. The maximum atomic E-state index is 12.4. The van der Waals surface area contributed by atoms with Gasteiger partial charge in [-0.25, -0.2) is 9.59 Å². The lowest BCUT2D eigenvalue weighted by molar-refractivity contribution is -0.149. The summed E-state index contributed by atoms with van der Waals surface area (Å²) in [5.41, 5.74) is 0.296. The Bertz CT molecular complexity index is 777. The zero-order chi connectivity index (χ0) is 19.3. The van der Waals surface area contributed by atoms with Crippen LogP contribution >= 0.6 is 0 Å². The molecule has 2 aromatic carbocycles. The van der Waals surface area contributed by atoms with Gasteiger partial charge in [-0.1, -0.05) is 42.5 Å². The highest BCUT2D eigenvalue weighted by Crippen LogP contribution is 2.17. The molecule has 0 unspecified atom stereocenters. The Hall–Kier alpha value is -2.56. The average molecular weight is 357 g/mol. The zero-order valence-corrected chi connectivity index (χ0v) is 16.0. The maximum Gasteiger partial charge on any atom is 0.408 e. The fraction of sp³-hybridized carbons (Fsp3) is 0.429. The van der Waals surface area contributed by atoms with Crippen molar-refractivity contribution in [1.29, 1.82) is 0 Å². The predicted octanol–water partition coefficient (Wildman–Crippen LogP) is 4.23. The highest BCUT2D eigenvalue weighted by molar-refractivity contribution is 5.84. The minimum absolute atomic E-state index is 0.262. The number of ether oxygens (including phenoxy) is 2. The molecule has 0 aromatic heterocycles. The van der Waals surface area contributed by atoms with E-state index < -0.39 is 23.7 Å². The van der Waals surface area contributed by atoms with Crippen LogP contribution in [0.3, 0.4) is 0 Å². The van der Waals surface area contributed by atoms with Crippen LogP contribution in [0.1, 0.15) is 40.2 Å². The summed E-state index contributed by atoms with van der Waals surface area (Å²) >= 11 is 0. The van der Waals surface area contributed by atoms with Crippen LogP contribution in [-0.2, 0) is 20.7 Å². The van der Waals surface area contributed by atoms with Crippen molar-refractivity contribution in [2.75, 3.05) is 0 Å². The van der Waals surface area contributed by atoms with Gasteiger partial charge in [-0.3, -0.25) is 0 Å². The number of carbonyl (C=O) groups is 2. The first-order chi connectivity index (χ1) is 12.1. The van der Waals surface area contributed by atoms with Gasteiger partial charge in [0.25, 0.3) is 0 Å². The van der Waals surface area contributed by atoms with Crippen molar-refractivity contribution in [3.05, 3.63) is 48.0 Å². The third kappa shape index (κ3) is 6.06. The molecule has 0 saturated heterocycles. The Morgan fingerprint density at radius 3 is 2.31 bits per heavy atom. The minimum Gasteiger partial charge on any atom is -0.461 e. The van der Waals surface area contributed by atoms with Crippen molar-refractivity contribution in [3.63, 3.8) is 0 Å². The highest BCUT2D eigenvalue weighted by Gasteiger charge is 2.26. The Labute approximate surface area is 154 Å². The molecule has 1 atom stereocenters. The van der Waals surface area contributed by atoms with Gasteiger partial charge in [-0.05, 0) is 51.0 Å². The van der Waals surface area contributed by atoms with Gasteiger partial charge < -0.3 is 14.8 Å². The second-order valence-electron chi connectivity index (χ2n) is 7.57. The number of carbonyl (C=O) groups excluding carboxylic acids is 2. The summed E-state index contributed by atoms with van der Waals surface area (Å²) in [5, 5.41) is 4.84. The van der Waals surface area contributed by atoms with Crippen molar-refractivity contribution < 1.29 is 19.1 Å². The number of amides is 1. The fourth-order valence-electron chi connectivity index (χ4n) is 2.56. The number of fused-ring (bicyclic) bond motifs is 1. The summed E-state index contributed by atoms with van der Waals surface area (Å²) in [6.45, 7) is 8.88. The van der Waals surface area contributed by atoms with Gasteiger partial charge in [0.1, 0.15) is 11.6 Å². The molecule has 26 heavy (non-hydrogen) atoms. The normalized spacial score (nSPS) is 12.7. The molecular weight excluding hydrogens is 330 g/mol. The Morgan fingerprint density at radius 1 is 1.04 bits per heavy atom. The largest absolute Gasteiger partial charge is 0.461 e. The van der Waals surface area contributed by atoms with Crippen LogP contribution < -0.4 is 5.32 Å². The van der Waals surface area contributed by atoms with Crippen LogP contribution in [0.5, 0.6) is 0 Å². The predicted molar refractivity (Wildman–Crippen MR) is 102 cm³/mol. The van der Waals surface area contributed by atoms with E-state index in [-0.39, 0.29) is 6.10 Å². The van der Waals surface area contributed by atoms with Gasteiger partial charge in [-0.15, -0.1) is 0 Å². The van der Waals surface area contributed by atoms with Crippen LogP contribution in [0.2, 0.25) is 0 Å². The fourth-order valence-corrected chi connectivity index (χ4v) is 2.56. The summed E-state index contributed by atoms with van der Waals surface area (Å²) in [5.74, 6) is -0.473. The Kier molecular flexibility index (Phi) is 6.24. The summed E-state index contributed by atoms with van der Waals surface area (Å²) in [7, 11) is 0. The third-order valence-corrected chi connectivity index (χ3v) is 3.58. The van der Waals surface area contributed by atoms with Crippen LogP contribution in [0.15, 0.2) is 42.5 Å². The van der Waals surface area contributed by atoms with Gasteiger partial charge in [0.15, 0.2) is 0 Å². The van der Waals surface area contributed by atoms with Crippen molar-refractivity contribution in [3.8, 4) is 0 Å². The summed E-state index contributed by atoms with van der Waals surface area (Å²) in [6, 6.07) is 13.2. The molecule has 0 spiro atoms. The molecule has 1 amide bonds. The second-order valence-corrected chi connectivity index (χ2v) is 7.57. The van der Waals surface area contributed by atoms with Crippen LogP contribution in [0.25, 0.3) is 10.8 Å². The molecule has 0 radical (unpaired) electrons. The number of benzene rings is 2. The second kappa shape index (κ2) is 8.21. The number of rotatable bonds is 5. The Balaban J connectivity index is 2.18. The van der Waals surface area contributed by atoms with E-state index in [0.29, 0.717) is 6.42 Å². The SMILES string of the molecule is CC(C)OC(=O)[C@@H](Cc1ccc2ccccc2c1)NC(=O)OC(C)(C)C. The highest BCUT2D eigenvalue weighted by atomic mass is 16.6. The molecule has 0 aliphatic heterocycles. The summed E-state index contributed by atoms with van der Waals surface area (Å²) in [6.07, 6.45) is -0.568. The molecule has 0 heterocycles. The van der Waals surface area contributed by atoms with Crippen molar-refractivity contribution in [2.45, 2.75) is 58.8 Å². The van der Waals surface area contributed by atoms with Crippen LogP contribution in [0.4, 0.5) is 4.79 Å². The van der Waals surface area contributed by atoms with E-state index >= 15 is 0 Å². The number of hydrogen-bond donors (Lipinski definition) is 1. The van der Waals surface area contributed by atoms with Gasteiger partial charge in [0.2, 0.25) is 0 Å². The molecule has 0 fully saturated rings. The molecule has 5 nitrogen and oxygen atoms in total. The standard InChI is InChI=1S/C21H27NO4/c1-14(2)25-19(23)18(22-20(24)26-21(3,4)5)13-15-10-11-16-8-6-7-9-17(16)12-15/h6-12,14,18H,13H2,1-5H3,(H,22,24)/t18-/m1/s1. The van der Waals surface area contributed by atoms with Crippen molar-refractivity contribution in [1.82, 2.24) is 5.32 Å². The summed E-state index contributed by atoms with van der Waals surface area (Å²) < 4.78 is 10.6. The van der Waals surface area contributed by atoms with E-state index in [1.807, 2.05) is 42.5 Å². The topological polar surface area (TPSA) is 64.6 Å².